The summed E-state index contributed by atoms with van der Waals surface area (Å²) in [7, 11) is 0.383. The second kappa shape index (κ2) is 3.85. The van der Waals surface area contributed by atoms with Crippen LogP contribution in [0.15, 0.2) is 23.0 Å². The van der Waals surface area contributed by atoms with Gasteiger partial charge < -0.3 is 5.73 Å². The number of rotatable bonds is 2. The van der Waals surface area contributed by atoms with Gasteiger partial charge in [0, 0.05) is 26.8 Å². The second-order valence-corrected chi connectivity index (χ2v) is 6.14. The summed E-state index contributed by atoms with van der Waals surface area (Å²) in [5.41, 5.74) is 6.20. The molecule has 1 aromatic heterocycles. The van der Waals surface area contributed by atoms with Crippen LogP contribution < -0.4 is 11.4 Å². The summed E-state index contributed by atoms with van der Waals surface area (Å²) < 4.78 is 27.3. The maximum Gasteiger partial charge on any atom is 0.343 e. The van der Waals surface area contributed by atoms with Crippen molar-refractivity contribution in [2.24, 2.45) is 7.05 Å². The van der Waals surface area contributed by atoms with Gasteiger partial charge in [0.25, 0.3) is 0 Å². The Morgan fingerprint density at radius 3 is 2.39 bits per heavy atom. The molecule has 2 N–H and O–H groups in total. The molecule has 0 radical (unpaired) electrons. The van der Waals surface area contributed by atoms with Crippen LogP contribution >= 0.6 is 0 Å². The Morgan fingerprint density at radius 1 is 1.22 bits per heavy atom. The van der Waals surface area contributed by atoms with E-state index in [2.05, 4.69) is 0 Å². The zero-order valence-electron chi connectivity index (χ0n) is 10.3. The predicted octanol–water partition coefficient (Wildman–Crippen LogP) is -0.423. The summed E-state index contributed by atoms with van der Waals surface area (Å²) in [6.07, 6.45) is 0. The number of benzene rings is 1. The molecule has 0 saturated heterocycles. The minimum atomic E-state index is -3.87. The van der Waals surface area contributed by atoms with E-state index in [1.165, 1.54) is 31.8 Å². The average Bonchev–Trinajstić information content (AvgIpc) is 2.51. The third-order valence-electron chi connectivity index (χ3n) is 2.73. The molecule has 0 amide bonds. The molecule has 0 aliphatic heterocycles. The number of aryl methyl sites for hydroxylation is 1. The van der Waals surface area contributed by atoms with Gasteiger partial charge in [0.2, 0.25) is 0 Å². The van der Waals surface area contributed by atoms with Crippen molar-refractivity contribution in [1.29, 1.82) is 0 Å². The van der Waals surface area contributed by atoms with Crippen molar-refractivity contribution >= 4 is 26.9 Å². The standard InChI is InChI=1S/C10H14N4O3S/c1-12(2)18(16,17)14-9-6-7(11)4-5-8(9)13(3)10(14)15/h4-6H,11H2,1-3H3. The van der Waals surface area contributed by atoms with Crippen LogP contribution in [-0.2, 0) is 17.3 Å². The van der Waals surface area contributed by atoms with Crippen LogP contribution in [0, 0.1) is 0 Å². The van der Waals surface area contributed by atoms with Crippen molar-refractivity contribution in [2.75, 3.05) is 19.8 Å². The van der Waals surface area contributed by atoms with Crippen molar-refractivity contribution in [2.45, 2.75) is 0 Å². The van der Waals surface area contributed by atoms with Gasteiger partial charge in [0.15, 0.2) is 0 Å². The third-order valence-corrected chi connectivity index (χ3v) is 4.47. The lowest BCUT2D eigenvalue weighted by atomic mass is 10.3. The number of nitrogen functional groups attached to an aromatic ring is 1. The number of aromatic nitrogens is 2. The molecule has 2 rings (SSSR count). The monoisotopic (exact) mass is 270 g/mol. The first kappa shape index (κ1) is 12.7. The molecule has 7 nitrogen and oxygen atoms in total. The van der Waals surface area contributed by atoms with Crippen LogP contribution in [0.2, 0.25) is 0 Å². The highest BCUT2D eigenvalue weighted by atomic mass is 32.2. The summed E-state index contributed by atoms with van der Waals surface area (Å²) in [5.74, 6) is 0. The fraction of sp³-hybridized carbons (Fsp3) is 0.300. The van der Waals surface area contributed by atoms with Crippen LogP contribution in [-0.4, -0.2) is 35.4 Å². The SMILES string of the molecule is CN(C)S(=O)(=O)n1c(=O)n(C)c2ccc(N)cc21. The minimum Gasteiger partial charge on any atom is -0.399 e. The highest BCUT2D eigenvalue weighted by Crippen LogP contribution is 2.18. The Hall–Kier alpha value is -1.80. The number of imidazole rings is 1. The van der Waals surface area contributed by atoms with Crippen molar-refractivity contribution in [3.63, 3.8) is 0 Å². The summed E-state index contributed by atoms with van der Waals surface area (Å²) in [5, 5.41) is 0. The van der Waals surface area contributed by atoms with Gasteiger partial charge in [0.1, 0.15) is 0 Å². The second-order valence-electron chi connectivity index (χ2n) is 4.14. The molecule has 98 valence electrons. The van der Waals surface area contributed by atoms with Gasteiger partial charge in [-0.25, -0.2) is 4.79 Å². The zero-order chi connectivity index (χ0) is 13.7. The van der Waals surface area contributed by atoms with Crippen molar-refractivity contribution in [3.05, 3.63) is 28.7 Å². The normalized spacial score (nSPS) is 12.4. The van der Waals surface area contributed by atoms with Gasteiger partial charge in [-0.2, -0.15) is 16.7 Å². The molecule has 0 aliphatic rings. The highest BCUT2D eigenvalue weighted by molar-refractivity contribution is 7.87. The first-order valence-electron chi connectivity index (χ1n) is 5.17. The van der Waals surface area contributed by atoms with E-state index < -0.39 is 15.9 Å². The van der Waals surface area contributed by atoms with Crippen LogP contribution in [0.3, 0.4) is 0 Å². The maximum absolute atomic E-state index is 12.1. The molecule has 1 aromatic carbocycles. The molecule has 0 spiro atoms. The van der Waals surface area contributed by atoms with E-state index in [1.807, 2.05) is 0 Å². The Labute approximate surface area is 104 Å². The van der Waals surface area contributed by atoms with E-state index in [0.717, 1.165) is 8.28 Å². The van der Waals surface area contributed by atoms with E-state index >= 15 is 0 Å². The molecule has 18 heavy (non-hydrogen) atoms. The van der Waals surface area contributed by atoms with Gasteiger partial charge in [-0.3, -0.25) is 4.57 Å². The van der Waals surface area contributed by atoms with Crippen LogP contribution in [0.1, 0.15) is 0 Å². The molecule has 1 heterocycles. The quantitative estimate of drug-likeness (QED) is 0.750. The lowest BCUT2D eigenvalue weighted by Gasteiger charge is -2.11. The van der Waals surface area contributed by atoms with Gasteiger partial charge in [-0.15, -0.1) is 0 Å². The van der Waals surface area contributed by atoms with Crippen LogP contribution in [0.25, 0.3) is 11.0 Å². The van der Waals surface area contributed by atoms with Gasteiger partial charge >= 0.3 is 15.9 Å². The van der Waals surface area contributed by atoms with Gasteiger partial charge in [-0.1, -0.05) is 0 Å². The number of anilines is 1. The summed E-state index contributed by atoms with van der Waals surface area (Å²) in [4.78, 5) is 12.0. The van der Waals surface area contributed by atoms with E-state index in [9.17, 15) is 13.2 Å². The Kier molecular flexibility index (Phi) is 2.71. The highest BCUT2D eigenvalue weighted by Gasteiger charge is 2.24. The Morgan fingerprint density at radius 2 is 1.83 bits per heavy atom. The lowest BCUT2D eigenvalue weighted by molar-refractivity contribution is 0.509. The number of hydrogen-bond acceptors (Lipinski definition) is 4. The fourth-order valence-corrected chi connectivity index (χ4v) is 2.76. The zero-order valence-corrected chi connectivity index (χ0v) is 11.1. The molecular formula is C10H14N4O3S. The first-order chi connectivity index (χ1) is 8.26. The van der Waals surface area contributed by atoms with E-state index in [0.29, 0.717) is 11.2 Å². The predicted molar refractivity (Wildman–Crippen MR) is 69.6 cm³/mol. The van der Waals surface area contributed by atoms with Crippen LogP contribution in [0.4, 0.5) is 5.69 Å². The molecule has 2 aromatic rings. The van der Waals surface area contributed by atoms with Crippen molar-refractivity contribution < 1.29 is 8.42 Å². The van der Waals surface area contributed by atoms with Crippen molar-refractivity contribution in [1.82, 2.24) is 12.8 Å². The number of hydrogen-bond donors (Lipinski definition) is 1. The molecule has 0 aliphatic carbocycles. The summed E-state index contributed by atoms with van der Waals surface area (Å²) in [6, 6.07) is 4.71. The molecule has 0 atom stereocenters. The van der Waals surface area contributed by atoms with E-state index in [-0.39, 0.29) is 5.52 Å². The number of nitrogens with zero attached hydrogens (tertiary/aromatic N) is 3. The molecule has 8 heteroatoms. The van der Waals surface area contributed by atoms with E-state index in [1.54, 1.807) is 12.1 Å². The number of nitrogens with two attached hydrogens (primary N) is 1. The lowest BCUT2D eigenvalue weighted by Crippen LogP contribution is -2.36. The van der Waals surface area contributed by atoms with Gasteiger partial charge in [-0.05, 0) is 18.2 Å². The fourth-order valence-electron chi connectivity index (χ4n) is 1.72. The third kappa shape index (κ3) is 1.61. The molecular weight excluding hydrogens is 256 g/mol. The topological polar surface area (TPSA) is 90.3 Å². The first-order valence-corrected chi connectivity index (χ1v) is 6.56. The molecule has 0 saturated carbocycles. The maximum atomic E-state index is 12.1. The average molecular weight is 270 g/mol. The Balaban J connectivity index is 3.00. The molecule has 0 fully saturated rings. The minimum absolute atomic E-state index is 0.274. The van der Waals surface area contributed by atoms with Crippen LogP contribution in [0.5, 0.6) is 0 Å². The molecule has 0 bridgehead atoms. The smallest absolute Gasteiger partial charge is 0.343 e. The number of fused-ring (bicyclic) bond motifs is 1. The molecule has 0 unspecified atom stereocenters. The summed E-state index contributed by atoms with van der Waals surface area (Å²) >= 11 is 0. The van der Waals surface area contributed by atoms with Gasteiger partial charge in [0.05, 0.1) is 11.0 Å². The summed E-state index contributed by atoms with van der Waals surface area (Å²) in [6.45, 7) is 0. The largest absolute Gasteiger partial charge is 0.399 e. The van der Waals surface area contributed by atoms with E-state index in [4.69, 9.17) is 5.73 Å². The van der Waals surface area contributed by atoms with Crippen molar-refractivity contribution in [3.8, 4) is 0 Å². The Bertz CT molecular complexity index is 770.